The third kappa shape index (κ3) is 2.42. The highest BCUT2D eigenvalue weighted by atomic mass is 16.5. The quantitative estimate of drug-likeness (QED) is 0.764. The van der Waals surface area contributed by atoms with Gasteiger partial charge in [-0.15, -0.1) is 0 Å². The van der Waals surface area contributed by atoms with Crippen LogP contribution >= 0.6 is 0 Å². The van der Waals surface area contributed by atoms with Crippen LogP contribution in [0.2, 0.25) is 0 Å². The van der Waals surface area contributed by atoms with Crippen molar-refractivity contribution in [2.75, 3.05) is 13.2 Å². The fourth-order valence-electron chi connectivity index (χ4n) is 1.16. The summed E-state index contributed by atoms with van der Waals surface area (Å²) in [6, 6.07) is 3.92. The zero-order valence-corrected chi connectivity index (χ0v) is 8.16. The summed E-state index contributed by atoms with van der Waals surface area (Å²) in [4.78, 5) is 4.16. The molecule has 3 nitrogen and oxygen atoms in total. The van der Waals surface area contributed by atoms with Crippen LogP contribution in [0.1, 0.15) is 25.3 Å². The van der Waals surface area contributed by atoms with E-state index in [0.29, 0.717) is 24.9 Å². The molecule has 0 saturated carbocycles. The molecule has 0 aliphatic rings. The first kappa shape index (κ1) is 9.99. The minimum atomic E-state index is 0.301. The van der Waals surface area contributed by atoms with Gasteiger partial charge in [0.1, 0.15) is 0 Å². The van der Waals surface area contributed by atoms with Gasteiger partial charge >= 0.3 is 0 Å². The van der Waals surface area contributed by atoms with Crippen molar-refractivity contribution in [1.82, 2.24) is 4.98 Å². The van der Waals surface area contributed by atoms with Gasteiger partial charge in [-0.1, -0.05) is 13.0 Å². The zero-order chi connectivity index (χ0) is 9.68. The van der Waals surface area contributed by atoms with Gasteiger partial charge in [-0.05, 0) is 25.5 Å². The second kappa shape index (κ2) is 4.82. The van der Waals surface area contributed by atoms with Crippen molar-refractivity contribution >= 4 is 0 Å². The van der Waals surface area contributed by atoms with Crippen molar-refractivity contribution in [2.24, 2.45) is 5.73 Å². The van der Waals surface area contributed by atoms with Gasteiger partial charge in [-0.25, -0.2) is 4.98 Å². The number of aromatic nitrogens is 1. The van der Waals surface area contributed by atoms with E-state index in [2.05, 4.69) is 11.9 Å². The van der Waals surface area contributed by atoms with Gasteiger partial charge in [-0.3, -0.25) is 0 Å². The Morgan fingerprint density at radius 3 is 3.00 bits per heavy atom. The van der Waals surface area contributed by atoms with Crippen LogP contribution in [0, 0.1) is 0 Å². The molecular formula is C10H16N2O. The second-order valence-electron chi connectivity index (χ2n) is 2.97. The lowest BCUT2D eigenvalue weighted by Crippen LogP contribution is -2.11. The van der Waals surface area contributed by atoms with Crippen LogP contribution in [-0.2, 0) is 0 Å². The fraction of sp³-hybridized carbons (Fsp3) is 0.500. The van der Waals surface area contributed by atoms with E-state index in [1.165, 1.54) is 0 Å². The lowest BCUT2D eigenvalue weighted by atomic mass is 10.0. The number of ether oxygens (including phenoxy) is 1. The number of hydrogen-bond acceptors (Lipinski definition) is 3. The molecule has 1 atom stereocenters. The smallest absolute Gasteiger partial charge is 0.216 e. The van der Waals surface area contributed by atoms with Crippen molar-refractivity contribution in [3.8, 4) is 5.88 Å². The average molecular weight is 180 g/mol. The van der Waals surface area contributed by atoms with Gasteiger partial charge in [0.05, 0.1) is 6.61 Å². The van der Waals surface area contributed by atoms with Crippen LogP contribution in [0.5, 0.6) is 5.88 Å². The molecule has 0 bridgehead atoms. The molecule has 0 aliphatic heterocycles. The molecule has 0 saturated heterocycles. The van der Waals surface area contributed by atoms with Crippen molar-refractivity contribution in [3.05, 3.63) is 23.9 Å². The number of pyridine rings is 1. The summed E-state index contributed by atoms with van der Waals surface area (Å²) in [5, 5.41) is 0. The van der Waals surface area contributed by atoms with Crippen LogP contribution < -0.4 is 10.5 Å². The minimum absolute atomic E-state index is 0.301. The normalized spacial score (nSPS) is 12.5. The van der Waals surface area contributed by atoms with E-state index in [-0.39, 0.29) is 0 Å². The maximum atomic E-state index is 5.59. The van der Waals surface area contributed by atoms with Gasteiger partial charge in [0.2, 0.25) is 5.88 Å². The Hall–Kier alpha value is -1.09. The molecule has 1 aromatic rings. The van der Waals surface area contributed by atoms with Crippen LogP contribution in [0.4, 0.5) is 0 Å². The standard InChI is InChI=1S/C10H16N2O/c1-3-13-10-9(8(2)7-11)5-4-6-12-10/h4-6,8H,3,7,11H2,1-2H3. The number of hydrogen-bond donors (Lipinski definition) is 1. The van der Waals surface area contributed by atoms with Crippen LogP contribution in [0.3, 0.4) is 0 Å². The van der Waals surface area contributed by atoms with Crippen LogP contribution in [0.15, 0.2) is 18.3 Å². The number of rotatable bonds is 4. The summed E-state index contributed by atoms with van der Waals surface area (Å²) < 4.78 is 5.39. The molecule has 72 valence electrons. The van der Waals surface area contributed by atoms with Gasteiger partial charge < -0.3 is 10.5 Å². The Kier molecular flexibility index (Phi) is 3.71. The predicted octanol–water partition coefficient (Wildman–Crippen LogP) is 1.54. The van der Waals surface area contributed by atoms with Gasteiger partial charge in [-0.2, -0.15) is 0 Å². The first-order chi connectivity index (χ1) is 6.29. The molecule has 0 radical (unpaired) electrons. The number of nitrogens with two attached hydrogens (primary N) is 1. The van der Waals surface area contributed by atoms with E-state index in [1.54, 1.807) is 6.20 Å². The lowest BCUT2D eigenvalue weighted by Gasteiger charge is -2.12. The summed E-state index contributed by atoms with van der Waals surface area (Å²) in [7, 11) is 0. The lowest BCUT2D eigenvalue weighted by molar-refractivity contribution is 0.321. The van der Waals surface area contributed by atoms with Gasteiger partial charge in [0.25, 0.3) is 0 Å². The highest BCUT2D eigenvalue weighted by molar-refractivity contribution is 5.29. The van der Waals surface area contributed by atoms with Crippen molar-refractivity contribution in [1.29, 1.82) is 0 Å². The maximum absolute atomic E-state index is 5.59. The molecule has 2 N–H and O–H groups in total. The Morgan fingerprint density at radius 2 is 2.38 bits per heavy atom. The topological polar surface area (TPSA) is 48.1 Å². The Bertz CT molecular complexity index is 263. The first-order valence-electron chi connectivity index (χ1n) is 4.57. The Balaban J connectivity index is 2.90. The highest BCUT2D eigenvalue weighted by Crippen LogP contribution is 2.22. The Morgan fingerprint density at radius 1 is 1.62 bits per heavy atom. The monoisotopic (exact) mass is 180 g/mol. The summed E-state index contributed by atoms with van der Waals surface area (Å²) in [6.07, 6.45) is 1.73. The van der Waals surface area contributed by atoms with E-state index >= 15 is 0 Å². The molecule has 1 heterocycles. The SMILES string of the molecule is CCOc1ncccc1C(C)CN. The first-order valence-corrected chi connectivity index (χ1v) is 4.57. The van der Waals surface area contributed by atoms with E-state index in [1.807, 2.05) is 19.1 Å². The van der Waals surface area contributed by atoms with Crippen LogP contribution in [-0.4, -0.2) is 18.1 Å². The van der Waals surface area contributed by atoms with Gasteiger partial charge in [0.15, 0.2) is 0 Å². The Labute approximate surface area is 78.9 Å². The molecule has 0 aromatic carbocycles. The van der Waals surface area contributed by atoms with Crippen LogP contribution in [0.25, 0.3) is 0 Å². The van der Waals surface area contributed by atoms with E-state index < -0.39 is 0 Å². The summed E-state index contributed by atoms with van der Waals surface area (Å²) >= 11 is 0. The minimum Gasteiger partial charge on any atom is -0.478 e. The average Bonchev–Trinajstić information content (AvgIpc) is 2.18. The molecule has 0 fully saturated rings. The maximum Gasteiger partial charge on any atom is 0.216 e. The van der Waals surface area contributed by atoms with E-state index in [9.17, 15) is 0 Å². The molecule has 1 rings (SSSR count). The fourth-order valence-corrected chi connectivity index (χ4v) is 1.16. The van der Waals surface area contributed by atoms with E-state index in [0.717, 1.165) is 5.56 Å². The zero-order valence-electron chi connectivity index (χ0n) is 8.16. The summed E-state index contributed by atoms with van der Waals surface area (Å²) in [6.45, 7) is 5.28. The molecule has 1 aromatic heterocycles. The van der Waals surface area contributed by atoms with E-state index in [4.69, 9.17) is 10.5 Å². The molecule has 1 unspecified atom stereocenters. The van der Waals surface area contributed by atoms with Crippen molar-refractivity contribution in [3.63, 3.8) is 0 Å². The van der Waals surface area contributed by atoms with Gasteiger partial charge in [0, 0.05) is 11.8 Å². The predicted molar refractivity (Wildman–Crippen MR) is 52.9 cm³/mol. The summed E-state index contributed by atoms with van der Waals surface area (Å²) in [5.41, 5.74) is 6.68. The van der Waals surface area contributed by atoms with Crippen molar-refractivity contribution in [2.45, 2.75) is 19.8 Å². The highest BCUT2D eigenvalue weighted by Gasteiger charge is 2.09. The van der Waals surface area contributed by atoms with Crippen molar-refractivity contribution < 1.29 is 4.74 Å². The molecular weight excluding hydrogens is 164 g/mol. The molecule has 13 heavy (non-hydrogen) atoms. The molecule has 0 amide bonds. The molecule has 0 spiro atoms. The largest absolute Gasteiger partial charge is 0.478 e. The molecule has 3 heteroatoms. The second-order valence-corrected chi connectivity index (χ2v) is 2.97. The molecule has 0 aliphatic carbocycles. The third-order valence-electron chi connectivity index (χ3n) is 1.97. The third-order valence-corrected chi connectivity index (χ3v) is 1.97. The number of nitrogens with zero attached hydrogens (tertiary/aromatic N) is 1. The summed E-state index contributed by atoms with van der Waals surface area (Å²) in [5.74, 6) is 1.01.